The van der Waals surface area contributed by atoms with Crippen LogP contribution in [0.15, 0.2) is 12.3 Å². The molecule has 0 aliphatic heterocycles. The van der Waals surface area contributed by atoms with E-state index in [1.165, 1.54) is 0 Å². The van der Waals surface area contributed by atoms with Crippen LogP contribution >= 0.6 is 0 Å². The second-order valence-corrected chi connectivity index (χ2v) is 1.31. The van der Waals surface area contributed by atoms with Gasteiger partial charge in [-0.05, 0) is 0 Å². The third kappa shape index (κ3) is 2.68. The number of hydrogen-bond donors (Lipinski definition) is 3. The number of nitrogens with two attached hydrogens (primary N) is 1. The van der Waals surface area contributed by atoms with Gasteiger partial charge in [-0.25, -0.2) is 9.59 Å². The minimum Gasteiger partial charge on any atom is -0.465 e. The largest absolute Gasteiger partial charge is 0.465 e. The molecule has 6 nitrogen and oxygen atoms in total. The second-order valence-electron chi connectivity index (χ2n) is 1.31. The van der Waals surface area contributed by atoms with Gasteiger partial charge in [-0.1, -0.05) is 6.58 Å². The van der Waals surface area contributed by atoms with E-state index in [1.54, 1.807) is 5.32 Å². The molecule has 10 heavy (non-hydrogen) atoms. The van der Waals surface area contributed by atoms with Gasteiger partial charge in [0.1, 0.15) is 5.70 Å². The van der Waals surface area contributed by atoms with Crippen molar-refractivity contribution in [1.82, 2.24) is 5.32 Å². The van der Waals surface area contributed by atoms with Gasteiger partial charge < -0.3 is 9.94 Å². The number of hydrogen-bond acceptors (Lipinski definition) is 4. The van der Waals surface area contributed by atoms with Crippen LogP contribution in [0.4, 0.5) is 4.79 Å². The average Bonchev–Trinajstić information content (AvgIpc) is 1.85. The molecular weight excluding hydrogens is 140 g/mol. The van der Waals surface area contributed by atoms with Gasteiger partial charge in [-0.15, -0.1) is 0 Å². The quantitative estimate of drug-likeness (QED) is 0.349. The van der Waals surface area contributed by atoms with Gasteiger partial charge in [0.05, 0.1) is 0 Å². The molecule has 0 saturated heterocycles. The topological polar surface area (TPSA) is 102 Å². The number of carboxylic acid groups (broad SMARTS) is 1. The van der Waals surface area contributed by atoms with Crippen LogP contribution in [0.2, 0.25) is 0 Å². The summed E-state index contributed by atoms with van der Waals surface area (Å²) in [5.74, 6) is 3.39. The molecule has 0 aromatic heterocycles. The summed E-state index contributed by atoms with van der Waals surface area (Å²) in [7, 11) is 0. The van der Waals surface area contributed by atoms with Crippen LogP contribution in [-0.2, 0) is 9.63 Å². The van der Waals surface area contributed by atoms with Crippen molar-refractivity contribution in [3.8, 4) is 0 Å². The summed E-state index contributed by atoms with van der Waals surface area (Å²) in [6.45, 7) is 3.02. The first-order valence-corrected chi connectivity index (χ1v) is 2.18. The molecule has 0 atom stereocenters. The summed E-state index contributed by atoms with van der Waals surface area (Å²) in [6, 6.07) is 0. The Labute approximate surface area is 56.2 Å². The molecule has 1 amide bonds. The monoisotopic (exact) mass is 146 g/mol. The smallest absolute Gasteiger partial charge is 0.409 e. The zero-order valence-electron chi connectivity index (χ0n) is 4.96. The lowest BCUT2D eigenvalue weighted by molar-refractivity contribution is -0.139. The highest BCUT2D eigenvalue weighted by Gasteiger charge is 2.08. The molecule has 56 valence electrons. The van der Waals surface area contributed by atoms with Crippen LogP contribution in [0.1, 0.15) is 0 Å². The molecule has 4 N–H and O–H groups in total. The zero-order valence-corrected chi connectivity index (χ0v) is 4.96. The minimum absolute atomic E-state index is 0.421. The number of amides is 1. The maximum Gasteiger partial charge on any atom is 0.409 e. The minimum atomic E-state index is -1.39. The standard InChI is InChI=1S/C4H6N2O4/c1-2(3(7)10-5)6-4(8)9/h6H,1,5H2,(H,8,9). The fourth-order valence-corrected chi connectivity index (χ4v) is 0.251. The number of nitrogens with one attached hydrogen (secondary N) is 1. The lowest BCUT2D eigenvalue weighted by Gasteiger charge is -1.99. The van der Waals surface area contributed by atoms with E-state index in [9.17, 15) is 9.59 Å². The first kappa shape index (κ1) is 8.44. The highest BCUT2D eigenvalue weighted by atomic mass is 16.7. The molecule has 0 aliphatic rings. The van der Waals surface area contributed by atoms with Crippen LogP contribution in [0.5, 0.6) is 0 Å². The van der Waals surface area contributed by atoms with E-state index in [0.717, 1.165) is 0 Å². The van der Waals surface area contributed by atoms with Gasteiger partial charge in [0.2, 0.25) is 0 Å². The molecule has 0 saturated carbocycles. The second kappa shape index (κ2) is 3.46. The van der Waals surface area contributed by atoms with Gasteiger partial charge in [0.15, 0.2) is 0 Å². The summed E-state index contributed by atoms with van der Waals surface area (Å²) < 4.78 is 0. The van der Waals surface area contributed by atoms with Gasteiger partial charge in [0, 0.05) is 0 Å². The molecule has 6 heteroatoms. The number of rotatable bonds is 2. The maximum absolute atomic E-state index is 10.3. The Morgan fingerprint density at radius 3 is 2.40 bits per heavy atom. The van der Waals surface area contributed by atoms with E-state index >= 15 is 0 Å². The van der Waals surface area contributed by atoms with Crippen molar-refractivity contribution >= 4 is 12.1 Å². The molecule has 0 radical (unpaired) electrons. The summed E-state index contributed by atoms with van der Waals surface area (Å²) in [4.78, 5) is 23.7. The van der Waals surface area contributed by atoms with Crippen LogP contribution in [-0.4, -0.2) is 17.2 Å². The van der Waals surface area contributed by atoms with Gasteiger partial charge in [0.25, 0.3) is 0 Å². The van der Waals surface area contributed by atoms with Crippen molar-refractivity contribution in [2.24, 2.45) is 5.90 Å². The number of carbonyl (C=O) groups excluding carboxylic acids is 1. The van der Waals surface area contributed by atoms with Gasteiger partial charge >= 0.3 is 12.1 Å². The number of carbonyl (C=O) groups is 2. The Morgan fingerprint density at radius 2 is 2.10 bits per heavy atom. The lowest BCUT2D eigenvalue weighted by atomic mass is 10.5. The van der Waals surface area contributed by atoms with E-state index in [1.807, 2.05) is 0 Å². The summed E-state index contributed by atoms with van der Waals surface area (Å²) >= 11 is 0. The molecule has 0 heterocycles. The first-order valence-electron chi connectivity index (χ1n) is 2.18. The Balaban J connectivity index is 3.86. The van der Waals surface area contributed by atoms with E-state index < -0.39 is 17.8 Å². The lowest BCUT2D eigenvalue weighted by Crippen LogP contribution is -2.27. The van der Waals surface area contributed by atoms with Crippen molar-refractivity contribution in [1.29, 1.82) is 0 Å². The Morgan fingerprint density at radius 1 is 1.60 bits per heavy atom. The van der Waals surface area contributed by atoms with E-state index in [4.69, 9.17) is 5.11 Å². The first-order chi connectivity index (χ1) is 4.57. The third-order valence-corrected chi connectivity index (χ3v) is 0.611. The molecule has 0 unspecified atom stereocenters. The zero-order chi connectivity index (χ0) is 8.15. The molecule has 0 spiro atoms. The fraction of sp³-hybridized carbons (Fsp3) is 0. The predicted octanol–water partition coefficient (Wildman–Crippen LogP) is -0.815. The predicted molar refractivity (Wildman–Crippen MR) is 30.6 cm³/mol. The Kier molecular flexibility index (Phi) is 2.92. The molecule has 0 aliphatic carbocycles. The molecular formula is C4H6N2O4. The highest BCUT2D eigenvalue weighted by molar-refractivity contribution is 5.90. The molecule has 0 rings (SSSR count). The normalized spacial score (nSPS) is 8.10. The van der Waals surface area contributed by atoms with Crippen LogP contribution in [0.3, 0.4) is 0 Å². The summed E-state index contributed by atoms with van der Waals surface area (Å²) in [5, 5.41) is 9.67. The SMILES string of the molecule is C=C(NC(=O)O)C(=O)ON. The maximum atomic E-state index is 10.3. The molecule has 0 aromatic carbocycles. The van der Waals surface area contributed by atoms with E-state index in [-0.39, 0.29) is 0 Å². The Bertz CT molecular complexity index is 176. The van der Waals surface area contributed by atoms with Crippen molar-refractivity contribution in [3.63, 3.8) is 0 Å². The van der Waals surface area contributed by atoms with Crippen LogP contribution in [0.25, 0.3) is 0 Å². The molecule has 0 fully saturated rings. The molecule has 0 aromatic rings. The van der Waals surface area contributed by atoms with Crippen LogP contribution in [0, 0.1) is 0 Å². The Hall–Kier alpha value is -1.56. The average molecular weight is 146 g/mol. The van der Waals surface area contributed by atoms with Crippen molar-refractivity contribution in [3.05, 3.63) is 12.3 Å². The summed E-state index contributed by atoms with van der Waals surface area (Å²) in [5.41, 5.74) is -0.421. The highest BCUT2D eigenvalue weighted by Crippen LogP contribution is 1.84. The van der Waals surface area contributed by atoms with Crippen molar-refractivity contribution < 1.29 is 19.5 Å². The van der Waals surface area contributed by atoms with Crippen molar-refractivity contribution in [2.45, 2.75) is 0 Å². The van der Waals surface area contributed by atoms with E-state index in [0.29, 0.717) is 0 Å². The van der Waals surface area contributed by atoms with Gasteiger partial charge in [-0.2, -0.15) is 5.90 Å². The third-order valence-electron chi connectivity index (χ3n) is 0.611. The molecule has 0 bridgehead atoms. The van der Waals surface area contributed by atoms with Crippen LogP contribution < -0.4 is 11.2 Å². The van der Waals surface area contributed by atoms with Gasteiger partial charge in [-0.3, -0.25) is 5.32 Å². The van der Waals surface area contributed by atoms with E-state index in [2.05, 4.69) is 17.3 Å². The van der Waals surface area contributed by atoms with Crippen molar-refractivity contribution in [2.75, 3.05) is 0 Å². The summed E-state index contributed by atoms with van der Waals surface area (Å²) in [6.07, 6.45) is -1.39. The fourth-order valence-electron chi connectivity index (χ4n) is 0.251.